The molecule has 2 amide bonds. The van der Waals surface area contributed by atoms with E-state index in [1.165, 1.54) is 4.90 Å². The number of rotatable bonds is 7. The van der Waals surface area contributed by atoms with Crippen molar-refractivity contribution >= 4 is 29.4 Å². The van der Waals surface area contributed by atoms with Crippen molar-refractivity contribution in [2.45, 2.75) is 39.5 Å². The number of hydrogen-bond acceptors (Lipinski definition) is 4. The predicted molar refractivity (Wildman–Crippen MR) is 103 cm³/mol. The molecule has 1 N–H and O–H groups in total. The molecule has 0 saturated heterocycles. The molecule has 7 heteroatoms. The highest BCUT2D eigenvalue weighted by Crippen LogP contribution is 2.37. The van der Waals surface area contributed by atoms with Gasteiger partial charge in [-0.05, 0) is 38.0 Å². The van der Waals surface area contributed by atoms with Crippen LogP contribution in [-0.2, 0) is 19.1 Å². The topological polar surface area (TPSA) is 75.7 Å². The summed E-state index contributed by atoms with van der Waals surface area (Å²) >= 11 is 5.96. The smallest absolute Gasteiger partial charge is 0.336 e. The molecule has 146 valence electrons. The standard InChI is InChI=1S/C20H25ClN2O4/c1-4-10-22-17(24)12-23-13(3)19(20(26)27-5-2)16(11-18(23)25)14-6-8-15(21)9-7-14/h6-9,16H,4-5,10-12H2,1-3H3,(H,22,24)/t16-/m0/s1. The lowest BCUT2D eigenvalue weighted by molar-refractivity contribution is -0.141. The lowest BCUT2D eigenvalue weighted by Gasteiger charge is -2.34. The molecule has 0 bridgehead atoms. The van der Waals surface area contributed by atoms with Gasteiger partial charge in [0.1, 0.15) is 6.54 Å². The van der Waals surface area contributed by atoms with Crippen LogP contribution in [0.4, 0.5) is 0 Å². The molecule has 0 saturated carbocycles. The van der Waals surface area contributed by atoms with Gasteiger partial charge in [-0.1, -0.05) is 30.7 Å². The van der Waals surface area contributed by atoms with Gasteiger partial charge in [-0.25, -0.2) is 4.79 Å². The van der Waals surface area contributed by atoms with Gasteiger partial charge in [0.2, 0.25) is 11.8 Å². The number of nitrogens with zero attached hydrogens (tertiary/aromatic N) is 1. The molecule has 1 aromatic rings. The summed E-state index contributed by atoms with van der Waals surface area (Å²) < 4.78 is 5.22. The summed E-state index contributed by atoms with van der Waals surface area (Å²) in [4.78, 5) is 38.8. The molecule has 0 aliphatic carbocycles. The maximum absolute atomic E-state index is 12.7. The van der Waals surface area contributed by atoms with Gasteiger partial charge in [0.25, 0.3) is 0 Å². The molecule has 1 atom stereocenters. The van der Waals surface area contributed by atoms with Gasteiger partial charge in [0, 0.05) is 29.6 Å². The molecule has 6 nitrogen and oxygen atoms in total. The third-order valence-corrected chi connectivity index (χ3v) is 4.72. The maximum atomic E-state index is 12.7. The first-order valence-corrected chi connectivity index (χ1v) is 9.47. The van der Waals surface area contributed by atoms with Gasteiger partial charge in [-0.2, -0.15) is 0 Å². The monoisotopic (exact) mass is 392 g/mol. The van der Waals surface area contributed by atoms with Crippen LogP contribution in [0.2, 0.25) is 5.02 Å². The number of esters is 1. The van der Waals surface area contributed by atoms with E-state index in [1.54, 1.807) is 38.1 Å². The summed E-state index contributed by atoms with van der Waals surface area (Å²) in [5, 5.41) is 3.33. The van der Waals surface area contributed by atoms with E-state index in [2.05, 4.69) is 5.32 Å². The minimum Gasteiger partial charge on any atom is -0.463 e. The third-order valence-electron chi connectivity index (χ3n) is 4.46. The Morgan fingerprint density at radius 1 is 1.26 bits per heavy atom. The zero-order valence-corrected chi connectivity index (χ0v) is 16.6. The van der Waals surface area contributed by atoms with E-state index >= 15 is 0 Å². The number of halogens is 1. The number of nitrogens with one attached hydrogen (secondary N) is 1. The fraction of sp³-hybridized carbons (Fsp3) is 0.450. The fourth-order valence-electron chi connectivity index (χ4n) is 3.12. The van der Waals surface area contributed by atoms with Gasteiger partial charge in [-0.3, -0.25) is 9.59 Å². The zero-order valence-electron chi connectivity index (χ0n) is 15.9. The highest BCUT2D eigenvalue weighted by Gasteiger charge is 2.37. The largest absolute Gasteiger partial charge is 0.463 e. The Hall–Kier alpha value is -2.34. The molecule has 0 fully saturated rings. The molecule has 1 aromatic carbocycles. The average Bonchev–Trinajstić information content (AvgIpc) is 2.63. The number of amides is 2. The predicted octanol–water partition coefficient (Wildman–Crippen LogP) is 3.02. The van der Waals surface area contributed by atoms with Gasteiger partial charge >= 0.3 is 5.97 Å². The van der Waals surface area contributed by atoms with Crippen molar-refractivity contribution < 1.29 is 19.1 Å². The summed E-state index contributed by atoms with van der Waals surface area (Å²) in [7, 11) is 0. The Morgan fingerprint density at radius 3 is 2.52 bits per heavy atom. The van der Waals surface area contributed by atoms with Crippen LogP contribution < -0.4 is 5.32 Å². The molecule has 2 rings (SSSR count). The maximum Gasteiger partial charge on any atom is 0.336 e. The normalized spacial score (nSPS) is 17.1. The molecule has 1 aliphatic rings. The zero-order chi connectivity index (χ0) is 20.0. The van der Waals surface area contributed by atoms with Crippen molar-refractivity contribution in [2.24, 2.45) is 0 Å². The molecule has 27 heavy (non-hydrogen) atoms. The average molecular weight is 393 g/mol. The van der Waals surface area contributed by atoms with Crippen molar-refractivity contribution in [3.8, 4) is 0 Å². The Kier molecular flexibility index (Phi) is 7.42. The van der Waals surface area contributed by atoms with E-state index in [0.717, 1.165) is 12.0 Å². The summed E-state index contributed by atoms with van der Waals surface area (Å²) in [6.07, 6.45) is 0.898. The second-order valence-corrected chi connectivity index (χ2v) is 6.79. The number of benzene rings is 1. The van der Waals surface area contributed by atoms with Crippen molar-refractivity contribution in [2.75, 3.05) is 19.7 Å². The van der Waals surface area contributed by atoms with Crippen molar-refractivity contribution in [3.05, 3.63) is 46.1 Å². The molecule has 0 radical (unpaired) electrons. The highest BCUT2D eigenvalue weighted by atomic mass is 35.5. The number of carbonyl (C=O) groups excluding carboxylic acids is 3. The molecule has 0 aromatic heterocycles. The van der Waals surface area contributed by atoms with Crippen LogP contribution in [0.5, 0.6) is 0 Å². The Balaban J connectivity index is 2.39. The SMILES string of the molecule is CCCNC(=O)CN1C(=O)C[C@@H](c2ccc(Cl)cc2)C(C(=O)OCC)=C1C. The van der Waals surface area contributed by atoms with E-state index in [0.29, 0.717) is 22.8 Å². The van der Waals surface area contributed by atoms with E-state index < -0.39 is 11.9 Å². The lowest BCUT2D eigenvalue weighted by atomic mass is 9.83. The van der Waals surface area contributed by atoms with E-state index in [1.807, 2.05) is 6.92 Å². The summed E-state index contributed by atoms with van der Waals surface area (Å²) in [5.41, 5.74) is 1.67. The minimum absolute atomic E-state index is 0.0914. The molecule has 0 unspecified atom stereocenters. The summed E-state index contributed by atoms with van der Waals surface area (Å²) in [5.74, 6) is -1.35. The Labute approximate surface area is 164 Å². The first kappa shape index (κ1) is 21.0. The molecule has 0 spiro atoms. The van der Waals surface area contributed by atoms with E-state index in [4.69, 9.17) is 16.3 Å². The van der Waals surface area contributed by atoms with Crippen LogP contribution in [0.25, 0.3) is 0 Å². The van der Waals surface area contributed by atoms with Gasteiger partial charge in [-0.15, -0.1) is 0 Å². The minimum atomic E-state index is -0.471. The first-order valence-electron chi connectivity index (χ1n) is 9.09. The van der Waals surface area contributed by atoms with Crippen LogP contribution in [0, 0.1) is 0 Å². The quantitative estimate of drug-likeness (QED) is 0.724. The molecule has 1 heterocycles. The highest BCUT2D eigenvalue weighted by molar-refractivity contribution is 6.30. The van der Waals surface area contributed by atoms with Crippen LogP contribution in [0.15, 0.2) is 35.5 Å². The number of hydrogen-bond donors (Lipinski definition) is 1. The van der Waals surface area contributed by atoms with E-state index in [9.17, 15) is 14.4 Å². The number of allylic oxidation sites excluding steroid dienone is 1. The van der Waals surface area contributed by atoms with Crippen LogP contribution in [-0.4, -0.2) is 42.4 Å². The summed E-state index contributed by atoms with van der Waals surface area (Å²) in [6.45, 7) is 6.03. The van der Waals surface area contributed by atoms with Crippen LogP contribution in [0.1, 0.15) is 45.1 Å². The Morgan fingerprint density at radius 2 is 1.93 bits per heavy atom. The first-order chi connectivity index (χ1) is 12.9. The van der Waals surface area contributed by atoms with Gasteiger partial charge in [0.15, 0.2) is 0 Å². The van der Waals surface area contributed by atoms with Crippen molar-refractivity contribution in [1.29, 1.82) is 0 Å². The molecule has 1 aliphatic heterocycles. The molecular formula is C20H25ClN2O4. The van der Waals surface area contributed by atoms with Crippen molar-refractivity contribution in [1.82, 2.24) is 10.2 Å². The number of ether oxygens (including phenoxy) is 1. The van der Waals surface area contributed by atoms with Crippen molar-refractivity contribution in [3.63, 3.8) is 0 Å². The second-order valence-electron chi connectivity index (χ2n) is 6.36. The van der Waals surface area contributed by atoms with Crippen LogP contribution in [0.3, 0.4) is 0 Å². The fourth-order valence-corrected chi connectivity index (χ4v) is 3.25. The number of carbonyl (C=O) groups is 3. The lowest BCUT2D eigenvalue weighted by Crippen LogP contribution is -2.44. The van der Waals surface area contributed by atoms with Crippen LogP contribution >= 0.6 is 11.6 Å². The molecular weight excluding hydrogens is 368 g/mol. The third kappa shape index (κ3) is 5.10. The second kappa shape index (κ2) is 9.55. The van der Waals surface area contributed by atoms with Gasteiger partial charge < -0.3 is 15.0 Å². The summed E-state index contributed by atoms with van der Waals surface area (Å²) in [6, 6.07) is 7.06. The van der Waals surface area contributed by atoms with E-state index in [-0.39, 0.29) is 31.4 Å². The Bertz CT molecular complexity index is 743. The van der Waals surface area contributed by atoms with Gasteiger partial charge in [0.05, 0.1) is 12.2 Å².